The second-order valence-electron chi connectivity index (χ2n) is 3.96. The van der Waals surface area contributed by atoms with Crippen LogP contribution in [0, 0.1) is 6.92 Å². The van der Waals surface area contributed by atoms with Crippen molar-refractivity contribution in [1.29, 1.82) is 0 Å². The highest BCUT2D eigenvalue weighted by atomic mass is 32.1. The number of phenolic OH excluding ortho intramolecular Hbond substituents is 1. The van der Waals surface area contributed by atoms with Gasteiger partial charge in [-0.1, -0.05) is 11.3 Å². The number of nitrogens with one attached hydrogen (secondary N) is 1. The standard InChI is InChI=1S/C12H11N3O4S/c1-5-9(20-12(13)14-5)10(17)15-8-3-2-6(16)4-7(8)11(18)19/h2-4,16H,1H3,(H2,13,14)(H,15,17)(H,18,19). The number of carboxylic acids is 1. The van der Waals surface area contributed by atoms with Crippen molar-refractivity contribution in [3.8, 4) is 5.75 Å². The number of thiazole rings is 1. The Morgan fingerprint density at radius 3 is 2.65 bits per heavy atom. The number of anilines is 2. The predicted molar refractivity (Wildman–Crippen MR) is 74.3 cm³/mol. The van der Waals surface area contributed by atoms with E-state index in [4.69, 9.17) is 10.8 Å². The van der Waals surface area contributed by atoms with Crippen LogP contribution in [0.25, 0.3) is 0 Å². The summed E-state index contributed by atoms with van der Waals surface area (Å²) in [5.41, 5.74) is 5.87. The molecule has 0 fully saturated rings. The molecule has 1 amide bonds. The van der Waals surface area contributed by atoms with Crippen molar-refractivity contribution in [1.82, 2.24) is 4.98 Å². The molecular weight excluding hydrogens is 282 g/mol. The number of phenols is 1. The molecule has 0 bridgehead atoms. The number of hydrogen-bond donors (Lipinski definition) is 4. The second kappa shape index (κ2) is 5.17. The fourth-order valence-corrected chi connectivity index (χ4v) is 2.35. The van der Waals surface area contributed by atoms with Gasteiger partial charge in [0.1, 0.15) is 10.6 Å². The summed E-state index contributed by atoms with van der Waals surface area (Å²) in [6.45, 7) is 1.64. The van der Waals surface area contributed by atoms with Gasteiger partial charge in [0.15, 0.2) is 5.13 Å². The molecule has 0 unspecified atom stereocenters. The summed E-state index contributed by atoms with van der Waals surface area (Å²) in [5.74, 6) is -1.94. The number of amides is 1. The molecule has 0 aliphatic carbocycles. The monoisotopic (exact) mass is 293 g/mol. The van der Waals surface area contributed by atoms with Crippen LogP contribution < -0.4 is 11.1 Å². The number of aromatic hydroxyl groups is 1. The smallest absolute Gasteiger partial charge is 0.337 e. The average Bonchev–Trinajstić information content (AvgIpc) is 2.70. The maximum absolute atomic E-state index is 12.1. The normalized spacial score (nSPS) is 10.2. The largest absolute Gasteiger partial charge is 0.508 e. The maximum atomic E-state index is 12.1. The molecule has 0 aliphatic heterocycles. The fourth-order valence-electron chi connectivity index (χ4n) is 1.63. The number of aromatic carboxylic acids is 1. The molecule has 2 aromatic rings. The van der Waals surface area contributed by atoms with Crippen molar-refractivity contribution in [3.63, 3.8) is 0 Å². The number of nitrogens with zero attached hydrogens (tertiary/aromatic N) is 1. The zero-order valence-electron chi connectivity index (χ0n) is 10.4. The van der Waals surface area contributed by atoms with E-state index < -0.39 is 11.9 Å². The van der Waals surface area contributed by atoms with Gasteiger partial charge < -0.3 is 21.3 Å². The third-order valence-corrected chi connectivity index (χ3v) is 3.49. The Labute approximate surface area is 117 Å². The molecule has 1 aromatic heterocycles. The first-order valence-electron chi connectivity index (χ1n) is 5.49. The van der Waals surface area contributed by atoms with Crippen LogP contribution in [0.3, 0.4) is 0 Å². The number of nitrogens with two attached hydrogens (primary N) is 1. The van der Waals surface area contributed by atoms with Gasteiger partial charge in [-0.2, -0.15) is 0 Å². The van der Waals surface area contributed by atoms with Gasteiger partial charge in [-0.3, -0.25) is 4.79 Å². The molecule has 0 radical (unpaired) electrons. The summed E-state index contributed by atoms with van der Waals surface area (Å²) in [4.78, 5) is 27.4. The lowest BCUT2D eigenvalue weighted by Gasteiger charge is -2.08. The van der Waals surface area contributed by atoms with Gasteiger partial charge in [-0.15, -0.1) is 0 Å². The van der Waals surface area contributed by atoms with E-state index in [0.717, 1.165) is 17.4 Å². The van der Waals surface area contributed by atoms with Crippen LogP contribution in [0.1, 0.15) is 25.7 Å². The number of carbonyl (C=O) groups excluding carboxylic acids is 1. The van der Waals surface area contributed by atoms with Gasteiger partial charge in [0.25, 0.3) is 5.91 Å². The van der Waals surface area contributed by atoms with Crippen molar-refractivity contribution in [2.75, 3.05) is 11.1 Å². The number of rotatable bonds is 3. The molecule has 1 heterocycles. The Morgan fingerprint density at radius 1 is 1.40 bits per heavy atom. The number of carboxylic acid groups (broad SMARTS) is 1. The number of carbonyl (C=O) groups is 2. The van der Waals surface area contributed by atoms with Crippen LogP contribution in [0.4, 0.5) is 10.8 Å². The van der Waals surface area contributed by atoms with Crippen molar-refractivity contribution < 1.29 is 19.8 Å². The number of aromatic nitrogens is 1. The van der Waals surface area contributed by atoms with Crippen LogP contribution in [0.15, 0.2) is 18.2 Å². The van der Waals surface area contributed by atoms with Gasteiger partial charge in [0.2, 0.25) is 0 Å². The molecule has 8 heteroatoms. The van der Waals surface area contributed by atoms with Crippen molar-refractivity contribution in [2.45, 2.75) is 6.92 Å². The summed E-state index contributed by atoms with van der Waals surface area (Å²) in [7, 11) is 0. The molecule has 0 atom stereocenters. The Bertz CT molecular complexity index is 696. The summed E-state index contributed by atoms with van der Waals surface area (Å²) in [6.07, 6.45) is 0. The van der Waals surface area contributed by atoms with E-state index in [-0.39, 0.29) is 22.1 Å². The van der Waals surface area contributed by atoms with E-state index in [2.05, 4.69) is 10.3 Å². The fraction of sp³-hybridized carbons (Fsp3) is 0.0833. The first kappa shape index (κ1) is 13.8. The molecule has 7 nitrogen and oxygen atoms in total. The lowest BCUT2D eigenvalue weighted by molar-refractivity contribution is 0.0697. The highest BCUT2D eigenvalue weighted by Crippen LogP contribution is 2.24. The average molecular weight is 293 g/mol. The van der Waals surface area contributed by atoms with Crippen molar-refractivity contribution in [3.05, 3.63) is 34.3 Å². The van der Waals surface area contributed by atoms with Crippen LogP contribution in [0.2, 0.25) is 0 Å². The molecule has 1 aromatic carbocycles. The van der Waals surface area contributed by atoms with E-state index in [1.165, 1.54) is 12.1 Å². The summed E-state index contributed by atoms with van der Waals surface area (Å²) < 4.78 is 0. The first-order chi connectivity index (χ1) is 9.38. The molecule has 0 saturated carbocycles. The predicted octanol–water partition coefficient (Wildman–Crippen LogP) is 1.69. The Hall–Kier alpha value is -2.61. The third kappa shape index (κ3) is 2.69. The summed E-state index contributed by atoms with van der Waals surface area (Å²) >= 11 is 1.02. The summed E-state index contributed by atoms with van der Waals surface area (Å²) in [5, 5.41) is 21.1. The highest BCUT2D eigenvalue weighted by Gasteiger charge is 2.18. The van der Waals surface area contributed by atoms with Crippen molar-refractivity contribution >= 4 is 34.0 Å². The van der Waals surface area contributed by atoms with Crippen LogP contribution in [-0.2, 0) is 0 Å². The maximum Gasteiger partial charge on any atom is 0.337 e. The number of aryl methyl sites for hydroxylation is 1. The van der Waals surface area contributed by atoms with Gasteiger partial charge in [0.05, 0.1) is 16.9 Å². The van der Waals surface area contributed by atoms with Crippen molar-refractivity contribution in [2.24, 2.45) is 0 Å². The van der Waals surface area contributed by atoms with Crippen LogP contribution >= 0.6 is 11.3 Å². The SMILES string of the molecule is Cc1nc(N)sc1C(=O)Nc1ccc(O)cc1C(=O)O. The van der Waals surface area contributed by atoms with Gasteiger partial charge >= 0.3 is 5.97 Å². The van der Waals surface area contributed by atoms with Gasteiger partial charge in [-0.05, 0) is 25.1 Å². The van der Waals surface area contributed by atoms with E-state index in [1.807, 2.05) is 0 Å². The molecular formula is C12H11N3O4S. The van der Waals surface area contributed by atoms with E-state index in [0.29, 0.717) is 10.6 Å². The lowest BCUT2D eigenvalue weighted by atomic mass is 10.1. The first-order valence-corrected chi connectivity index (χ1v) is 6.30. The minimum absolute atomic E-state index is 0.0895. The second-order valence-corrected chi connectivity index (χ2v) is 4.99. The zero-order chi connectivity index (χ0) is 14.9. The molecule has 20 heavy (non-hydrogen) atoms. The molecule has 2 rings (SSSR count). The van der Waals surface area contributed by atoms with E-state index >= 15 is 0 Å². The van der Waals surface area contributed by atoms with Crippen LogP contribution in [-0.4, -0.2) is 27.1 Å². The topological polar surface area (TPSA) is 126 Å². The zero-order valence-corrected chi connectivity index (χ0v) is 11.2. The van der Waals surface area contributed by atoms with Crippen LogP contribution in [0.5, 0.6) is 5.75 Å². The molecule has 104 valence electrons. The van der Waals surface area contributed by atoms with E-state index in [9.17, 15) is 14.7 Å². The number of nitrogen functional groups attached to an aromatic ring is 1. The van der Waals surface area contributed by atoms with Gasteiger partial charge in [-0.25, -0.2) is 9.78 Å². The summed E-state index contributed by atoms with van der Waals surface area (Å²) in [6, 6.07) is 3.66. The molecule has 5 N–H and O–H groups in total. The molecule has 0 aliphatic rings. The number of benzene rings is 1. The highest BCUT2D eigenvalue weighted by molar-refractivity contribution is 7.17. The molecule has 0 saturated heterocycles. The Morgan fingerprint density at radius 2 is 2.10 bits per heavy atom. The number of hydrogen-bond acceptors (Lipinski definition) is 6. The quantitative estimate of drug-likeness (QED) is 0.638. The third-order valence-electron chi connectivity index (χ3n) is 2.50. The molecule has 0 spiro atoms. The Balaban J connectivity index is 2.33. The Kier molecular flexibility index (Phi) is 3.57. The lowest BCUT2D eigenvalue weighted by Crippen LogP contribution is -2.14. The van der Waals surface area contributed by atoms with Gasteiger partial charge in [0, 0.05) is 0 Å². The van der Waals surface area contributed by atoms with E-state index in [1.54, 1.807) is 6.92 Å². The minimum atomic E-state index is -1.25. The minimum Gasteiger partial charge on any atom is -0.508 e.